The summed E-state index contributed by atoms with van der Waals surface area (Å²) >= 11 is 0. The first-order valence-corrected chi connectivity index (χ1v) is 4.42. The average Bonchev–Trinajstić information content (AvgIpc) is 2.80. The number of hydrogen-bond donors (Lipinski definition) is 0. The summed E-state index contributed by atoms with van der Waals surface area (Å²) in [5.41, 5.74) is 0.330. The lowest BCUT2D eigenvalue weighted by atomic mass is 9.92. The van der Waals surface area contributed by atoms with Gasteiger partial charge in [0, 0.05) is 0 Å². The fraction of sp³-hybridized carbons (Fsp3) is 0.364. The third-order valence-corrected chi connectivity index (χ3v) is 2.60. The van der Waals surface area contributed by atoms with E-state index in [0.717, 1.165) is 5.56 Å². The number of hydrogen-bond acceptors (Lipinski definition) is 2. The molecule has 1 aliphatic rings. The predicted octanol–water partition coefficient (Wildman–Crippen LogP) is 1.89. The summed E-state index contributed by atoms with van der Waals surface area (Å²) in [6, 6.07) is 9.66. The molecule has 2 heteroatoms. The quantitative estimate of drug-likeness (QED) is 0.644. The molecule has 1 aromatic rings. The minimum atomic E-state index is -0.638. The summed E-state index contributed by atoms with van der Waals surface area (Å²) in [7, 11) is 0. The maximum absolute atomic E-state index is 11.4. The molecular weight excluding hydrogens is 164 g/mol. The van der Waals surface area contributed by atoms with E-state index in [9.17, 15) is 4.79 Å². The summed E-state index contributed by atoms with van der Waals surface area (Å²) in [4.78, 5) is 11.4. The van der Waals surface area contributed by atoms with Crippen molar-refractivity contribution in [2.75, 3.05) is 0 Å². The fourth-order valence-electron chi connectivity index (χ4n) is 1.81. The zero-order valence-corrected chi connectivity index (χ0v) is 7.78. The van der Waals surface area contributed by atoms with Crippen molar-refractivity contribution in [1.82, 2.24) is 0 Å². The monoisotopic (exact) mass is 176 g/mol. The molecule has 2 nitrogen and oxygen atoms in total. The molecule has 1 heterocycles. The summed E-state index contributed by atoms with van der Waals surface area (Å²) in [6.45, 7) is 3.50. The molecule has 0 unspecified atom stereocenters. The van der Waals surface area contributed by atoms with Gasteiger partial charge in [0.25, 0.3) is 0 Å². The minimum absolute atomic E-state index is 0.0207. The molecule has 1 aliphatic heterocycles. The Balaban J connectivity index is 2.40. The first kappa shape index (κ1) is 8.45. The molecule has 1 saturated heterocycles. The first-order chi connectivity index (χ1) is 6.18. The molecule has 2 rings (SSSR count). The molecule has 13 heavy (non-hydrogen) atoms. The van der Waals surface area contributed by atoms with E-state index in [0.29, 0.717) is 0 Å². The van der Waals surface area contributed by atoms with Gasteiger partial charge in [-0.05, 0) is 19.4 Å². The second-order valence-electron chi connectivity index (χ2n) is 3.42. The smallest absolute Gasteiger partial charge is 0.177 e. The van der Waals surface area contributed by atoms with Crippen molar-refractivity contribution in [2.45, 2.75) is 25.6 Å². The van der Waals surface area contributed by atoms with Crippen LogP contribution in [0.5, 0.6) is 0 Å². The van der Waals surface area contributed by atoms with Crippen molar-refractivity contribution in [3.8, 4) is 0 Å². The number of carbonyl (C=O) groups is 1. The highest BCUT2D eigenvalue weighted by atomic mass is 16.6. The normalized spacial score (nSPS) is 31.4. The summed E-state index contributed by atoms with van der Waals surface area (Å²) in [5.74, 6) is 0.0891. The molecule has 0 radical (unpaired) electrons. The maximum Gasteiger partial charge on any atom is 0.177 e. The second-order valence-corrected chi connectivity index (χ2v) is 3.42. The van der Waals surface area contributed by atoms with Crippen LogP contribution in [0.15, 0.2) is 30.3 Å². The van der Waals surface area contributed by atoms with Crippen molar-refractivity contribution in [3.63, 3.8) is 0 Å². The highest BCUT2D eigenvalue weighted by molar-refractivity contribution is 5.89. The van der Waals surface area contributed by atoms with E-state index in [4.69, 9.17) is 4.74 Å². The lowest BCUT2D eigenvalue weighted by molar-refractivity contribution is -0.122. The molecule has 0 bridgehead atoms. The molecule has 68 valence electrons. The van der Waals surface area contributed by atoms with Crippen LogP contribution in [-0.4, -0.2) is 11.9 Å². The van der Waals surface area contributed by atoms with E-state index >= 15 is 0 Å². The number of epoxide rings is 1. The summed E-state index contributed by atoms with van der Waals surface area (Å²) in [5, 5.41) is 0. The fourth-order valence-corrected chi connectivity index (χ4v) is 1.81. The van der Waals surface area contributed by atoms with Gasteiger partial charge in [-0.15, -0.1) is 0 Å². The van der Waals surface area contributed by atoms with Gasteiger partial charge >= 0.3 is 0 Å². The Morgan fingerprint density at radius 3 is 2.31 bits per heavy atom. The average molecular weight is 176 g/mol. The van der Waals surface area contributed by atoms with E-state index in [-0.39, 0.29) is 11.9 Å². The van der Waals surface area contributed by atoms with E-state index in [1.807, 2.05) is 37.3 Å². The van der Waals surface area contributed by atoms with Crippen molar-refractivity contribution in [3.05, 3.63) is 35.9 Å². The largest absolute Gasteiger partial charge is 0.353 e. The zero-order chi connectivity index (χ0) is 9.47. The molecule has 1 aromatic carbocycles. The van der Waals surface area contributed by atoms with Crippen molar-refractivity contribution in [1.29, 1.82) is 0 Å². The van der Waals surface area contributed by atoms with Crippen molar-refractivity contribution >= 4 is 5.78 Å². The summed E-state index contributed by atoms with van der Waals surface area (Å²) in [6.07, 6.45) is 0.0207. The van der Waals surface area contributed by atoms with Gasteiger partial charge in [-0.1, -0.05) is 30.3 Å². The Morgan fingerprint density at radius 1 is 1.38 bits per heavy atom. The lowest BCUT2D eigenvalue weighted by Gasteiger charge is -2.07. The molecule has 0 amide bonds. The molecular formula is C11H12O2. The molecule has 0 N–H and O–H groups in total. The van der Waals surface area contributed by atoms with Gasteiger partial charge in [0.2, 0.25) is 0 Å². The third kappa shape index (κ3) is 1.10. The van der Waals surface area contributed by atoms with E-state index in [1.165, 1.54) is 0 Å². The van der Waals surface area contributed by atoms with Crippen LogP contribution in [-0.2, 0) is 15.1 Å². The Morgan fingerprint density at radius 2 is 1.92 bits per heavy atom. The molecule has 0 spiro atoms. The molecule has 0 aliphatic carbocycles. The van der Waals surface area contributed by atoms with Crippen molar-refractivity contribution in [2.24, 2.45) is 0 Å². The van der Waals surface area contributed by atoms with Gasteiger partial charge in [-0.3, -0.25) is 4.79 Å². The number of carbonyl (C=O) groups excluding carboxylic acids is 1. The van der Waals surface area contributed by atoms with E-state index in [1.54, 1.807) is 6.92 Å². The highest BCUT2D eigenvalue weighted by Gasteiger charge is 2.58. The van der Waals surface area contributed by atoms with Gasteiger partial charge in [0.15, 0.2) is 11.4 Å². The third-order valence-electron chi connectivity index (χ3n) is 2.60. The molecule has 0 aromatic heterocycles. The number of ether oxygens (including phenoxy) is 1. The molecule has 2 atom stereocenters. The lowest BCUT2D eigenvalue weighted by Crippen LogP contribution is -2.21. The predicted molar refractivity (Wildman–Crippen MR) is 49.3 cm³/mol. The number of ketones is 1. The minimum Gasteiger partial charge on any atom is -0.353 e. The Kier molecular flexibility index (Phi) is 1.74. The topological polar surface area (TPSA) is 29.6 Å². The summed E-state index contributed by atoms with van der Waals surface area (Å²) < 4.78 is 5.40. The number of Topliss-reactive ketones (excluding diaryl/α,β-unsaturated/α-hetero) is 1. The molecule has 0 saturated carbocycles. The standard InChI is InChI=1S/C11H12O2/c1-8(12)11(9(2)13-11)10-6-4-3-5-7-10/h3-7,9H,1-2H3/t9-,11+/m1/s1. The number of benzene rings is 1. The van der Waals surface area contributed by atoms with Gasteiger partial charge in [0.1, 0.15) is 0 Å². The van der Waals surface area contributed by atoms with Crippen LogP contribution < -0.4 is 0 Å². The molecule has 1 fully saturated rings. The number of rotatable bonds is 2. The zero-order valence-electron chi connectivity index (χ0n) is 7.78. The van der Waals surface area contributed by atoms with Crippen molar-refractivity contribution < 1.29 is 9.53 Å². The van der Waals surface area contributed by atoms with Gasteiger partial charge < -0.3 is 4.74 Å². The second kappa shape index (κ2) is 2.67. The van der Waals surface area contributed by atoms with Gasteiger partial charge in [-0.2, -0.15) is 0 Å². The van der Waals surface area contributed by atoms with Crippen LogP contribution in [0.3, 0.4) is 0 Å². The Bertz CT molecular complexity index is 331. The SMILES string of the molecule is CC(=O)[C@]1(c2ccccc2)O[C@@H]1C. The van der Waals surface area contributed by atoms with Crippen LogP contribution in [0.4, 0.5) is 0 Å². The van der Waals surface area contributed by atoms with Gasteiger partial charge in [0.05, 0.1) is 6.10 Å². The first-order valence-electron chi connectivity index (χ1n) is 4.42. The maximum atomic E-state index is 11.4. The van der Waals surface area contributed by atoms with Crippen LogP contribution in [0.1, 0.15) is 19.4 Å². The van der Waals surface area contributed by atoms with Crippen LogP contribution >= 0.6 is 0 Å². The highest BCUT2D eigenvalue weighted by Crippen LogP contribution is 2.46. The van der Waals surface area contributed by atoms with Gasteiger partial charge in [-0.25, -0.2) is 0 Å². The van der Waals surface area contributed by atoms with E-state index in [2.05, 4.69) is 0 Å². The van der Waals surface area contributed by atoms with Crippen LogP contribution in [0.25, 0.3) is 0 Å². The van der Waals surface area contributed by atoms with E-state index < -0.39 is 5.60 Å². The van der Waals surface area contributed by atoms with Crippen LogP contribution in [0, 0.1) is 0 Å². The Hall–Kier alpha value is -1.15. The van der Waals surface area contributed by atoms with Crippen LogP contribution in [0.2, 0.25) is 0 Å². The Labute approximate surface area is 77.5 Å².